The van der Waals surface area contributed by atoms with Crippen LogP contribution in [0.3, 0.4) is 0 Å². The molecule has 2 aromatic heterocycles. The molecule has 2 aromatic carbocycles. The minimum Gasteiger partial charge on any atom is -0.383 e. The number of ether oxygens (including phenoxy) is 1. The zero-order chi connectivity index (χ0) is 22.6. The molecule has 32 heavy (non-hydrogen) atoms. The molecule has 0 aliphatic carbocycles. The van der Waals surface area contributed by atoms with Crippen LogP contribution in [0.2, 0.25) is 0 Å². The fraction of sp³-hybridized carbons (Fsp3) is 0.292. The van der Waals surface area contributed by atoms with Crippen LogP contribution in [0, 0.1) is 0 Å². The van der Waals surface area contributed by atoms with Gasteiger partial charge in [-0.1, -0.05) is 20.1 Å². The molecule has 1 unspecified atom stereocenters. The number of hydrogen-bond acceptors (Lipinski definition) is 5. The van der Waals surface area contributed by atoms with Crippen molar-refractivity contribution in [2.24, 2.45) is 7.05 Å². The summed E-state index contributed by atoms with van der Waals surface area (Å²) < 4.78 is 7.65. The number of nitrogen functional groups attached to an aromatic ring is 1. The van der Waals surface area contributed by atoms with Crippen molar-refractivity contribution in [2.45, 2.75) is 12.6 Å². The molecule has 4 aromatic rings. The molecule has 0 spiro atoms. The first kappa shape index (κ1) is 20.9. The number of carbonyl (C=O) groups excluding carboxylic acids is 1. The van der Waals surface area contributed by atoms with E-state index in [-0.39, 0.29) is 19.9 Å². The highest BCUT2D eigenvalue weighted by Gasteiger charge is 2.28. The lowest BCUT2D eigenvalue weighted by Gasteiger charge is -2.33. The van der Waals surface area contributed by atoms with Gasteiger partial charge in [0.25, 0.3) is 5.91 Å². The number of aryl methyl sites for hydroxylation is 1. The second-order valence-corrected chi connectivity index (χ2v) is 10.8. The summed E-state index contributed by atoms with van der Waals surface area (Å²) in [5, 5.41) is 7.31. The standard InChI is InChI=1S/C24H26N5O2P/c1-28(21-13-31-12-15-9-16(32(3)4)6-7-17(15)21)24(30)14-5-8-20-18(10-14)22-19(23(25)27-20)11-26-29(22)2/h5-11,21H,12-13H2,1-4H3,(H2,25,27). The maximum Gasteiger partial charge on any atom is 0.254 e. The molecular formula is C24H26N5O2P. The maximum atomic E-state index is 13.5. The number of rotatable bonds is 3. The number of fused-ring (bicyclic) bond motifs is 4. The highest BCUT2D eigenvalue weighted by molar-refractivity contribution is 7.64. The van der Waals surface area contributed by atoms with E-state index in [9.17, 15) is 4.79 Å². The first-order valence-electron chi connectivity index (χ1n) is 10.5. The van der Waals surface area contributed by atoms with Crippen LogP contribution in [0.15, 0.2) is 42.6 Å². The third-order valence-corrected chi connectivity index (χ3v) is 7.59. The number of aromatic nitrogens is 3. The molecule has 3 heterocycles. The number of carbonyl (C=O) groups is 1. The van der Waals surface area contributed by atoms with Crippen LogP contribution in [0.5, 0.6) is 0 Å². The summed E-state index contributed by atoms with van der Waals surface area (Å²) in [7, 11) is 3.53. The fourth-order valence-corrected chi connectivity index (χ4v) is 5.23. The Morgan fingerprint density at radius 1 is 1.22 bits per heavy atom. The van der Waals surface area contributed by atoms with Crippen molar-refractivity contribution in [3.8, 4) is 0 Å². The lowest BCUT2D eigenvalue weighted by molar-refractivity contribution is 0.0346. The van der Waals surface area contributed by atoms with Gasteiger partial charge in [0.1, 0.15) is 5.82 Å². The van der Waals surface area contributed by atoms with Crippen molar-refractivity contribution < 1.29 is 9.53 Å². The molecule has 0 saturated carbocycles. The molecule has 7 nitrogen and oxygen atoms in total. The molecule has 1 aliphatic heterocycles. The third kappa shape index (κ3) is 3.33. The number of amides is 1. The number of anilines is 1. The number of hydrogen-bond donors (Lipinski definition) is 1. The lowest BCUT2D eigenvalue weighted by Crippen LogP contribution is -2.36. The van der Waals surface area contributed by atoms with Crippen LogP contribution in [0.4, 0.5) is 5.82 Å². The van der Waals surface area contributed by atoms with Gasteiger partial charge in [-0.2, -0.15) is 5.10 Å². The van der Waals surface area contributed by atoms with Gasteiger partial charge >= 0.3 is 0 Å². The first-order chi connectivity index (χ1) is 15.3. The molecule has 2 N–H and O–H groups in total. The van der Waals surface area contributed by atoms with Crippen LogP contribution < -0.4 is 11.0 Å². The molecule has 1 atom stereocenters. The van der Waals surface area contributed by atoms with Crippen LogP contribution in [0.1, 0.15) is 27.5 Å². The molecular weight excluding hydrogens is 421 g/mol. The normalized spacial score (nSPS) is 16.0. The third-order valence-electron chi connectivity index (χ3n) is 6.28. The van der Waals surface area contributed by atoms with Crippen molar-refractivity contribution in [2.75, 3.05) is 32.7 Å². The van der Waals surface area contributed by atoms with Crippen molar-refractivity contribution in [1.82, 2.24) is 19.7 Å². The van der Waals surface area contributed by atoms with E-state index in [1.165, 1.54) is 10.9 Å². The van der Waals surface area contributed by atoms with E-state index in [0.717, 1.165) is 27.4 Å². The van der Waals surface area contributed by atoms with E-state index in [4.69, 9.17) is 10.5 Å². The van der Waals surface area contributed by atoms with Gasteiger partial charge in [-0.3, -0.25) is 9.48 Å². The van der Waals surface area contributed by atoms with E-state index in [1.54, 1.807) is 15.8 Å². The number of pyridine rings is 1. The largest absolute Gasteiger partial charge is 0.383 e. The number of benzene rings is 2. The number of nitrogens with zero attached hydrogens (tertiary/aromatic N) is 4. The van der Waals surface area contributed by atoms with Crippen molar-refractivity contribution in [3.05, 3.63) is 59.3 Å². The Kier molecular flexibility index (Phi) is 5.11. The van der Waals surface area contributed by atoms with Gasteiger partial charge in [-0.15, -0.1) is 0 Å². The monoisotopic (exact) mass is 447 g/mol. The smallest absolute Gasteiger partial charge is 0.254 e. The second kappa shape index (κ2) is 7.84. The maximum absolute atomic E-state index is 13.5. The molecule has 0 saturated heterocycles. The van der Waals surface area contributed by atoms with E-state index >= 15 is 0 Å². The second-order valence-electron chi connectivity index (χ2n) is 8.48. The SMILES string of the molecule is CN(C(=O)c1ccc2nc(N)c3cnn(C)c3c2c1)C1COCc2cc(P(C)C)ccc21. The van der Waals surface area contributed by atoms with Gasteiger partial charge in [0.15, 0.2) is 0 Å². The van der Waals surface area contributed by atoms with E-state index in [0.29, 0.717) is 24.6 Å². The fourth-order valence-electron chi connectivity index (χ4n) is 4.45. The summed E-state index contributed by atoms with van der Waals surface area (Å²) in [6.07, 6.45) is 1.71. The number of nitrogens with two attached hydrogens (primary N) is 1. The van der Waals surface area contributed by atoms with E-state index in [2.05, 4.69) is 41.6 Å². The Labute approximate surface area is 187 Å². The van der Waals surface area contributed by atoms with Gasteiger partial charge in [0.05, 0.1) is 41.9 Å². The lowest BCUT2D eigenvalue weighted by atomic mass is 9.97. The average Bonchev–Trinajstić information content (AvgIpc) is 3.19. The average molecular weight is 447 g/mol. The summed E-state index contributed by atoms with van der Waals surface area (Å²) in [6.45, 7) is 5.57. The van der Waals surface area contributed by atoms with E-state index in [1.807, 2.05) is 32.3 Å². The van der Waals surface area contributed by atoms with Gasteiger partial charge in [0.2, 0.25) is 0 Å². The highest BCUT2D eigenvalue weighted by atomic mass is 31.1. The molecule has 0 bridgehead atoms. The molecule has 0 radical (unpaired) electrons. The van der Waals surface area contributed by atoms with Gasteiger partial charge in [-0.05, 0) is 54.0 Å². The van der Waals surface area contributed by atoms with Crippen LogP contribution >= 0.6 is 7.92 Å². The minimum absolute atomic E-state index is 0.0576. The molecule has 0 fully saturated rings. The number of likely N-dealkylation sites (N-methyl/N-ethyl adjacent to an activating group) is 1. The van der Waals surface area contributed by atoms with Crippen LogP contribution in [-0.4, -0.2) is 52.6 Å². The molecule has 1 amide bonds. The Bertz CT molecular complexity index is 1360. The Morgan fingerprint density at radius 2 is 2.03 bits per heavy atom. The Morgan fingerprint density at radius 3 is 2.81 bits per heavy atom. The van der Waals surface area contributed by atoms with E-state index < -0.39 is 0 Å². The predicted octanol–water partition coefficient (Wildman–Crippen LogP) is 3.41. The summed E-state index contributed by atoms with van der Waals surface area (Å²) >= 11 is 0. The quantitative estimate of drug-likeness (QED) is 0.487. The topological polar surface area (TPSA) is 86.3 Å². The molecule has 1 aliphatic rings. The minimum atomic E-state index is -0.180. The first-order valence-corrected chi connectivity index (χ1v) is 12.7. The van der Waals surface area contributed by atoms with Crippen molar-refractivity contribution in [1.29, 1.82) is 0 Å². The Balaban J connectivity index is 1.53. The zero-order valence-electron chi connectivity index (χ0n) is 18.7. The molecule has 164 valence electrons. The van der Waals surface area contributed by atoms with Gasteiger partial charge < -0.3 is 15.4 Å². The molecule has 8 heteroatoms. The summed E-state index contributed by atoms with van der Waals surface area (Å²) in [4.78, 5) is 19.8. The summed E-state index contributed by atoms with van der Waals surface area (Å²) in [5.74, 6) is 0.382. The zero-order valence-corrected chi connectivity index (χ0v) is 19.6. The summed E-state index contributed by atoms with van der Waals surface area (Å²) in [6, 6.07) is 12.0. The summed E-state index contributed by atoms with van der Waals surface area (Å²) in [5.41, 5.74) is 10.7. The Hall–Kier alpha value is -3.02. The van der Waals surface area contributed by atoms with Gasteiger partial charge in [0, 0.05) is 25.0 Å². The highest BCUT2D eigenvalue weighted by Crippen LogP contribution is 2.33. The molecule has 5 rings (SSSR count). The van der Waals surface area contributed by atoms with Crippen LogP contribution in [0.25, 0.3) is 21.8 Å². The van der Waals surface area contributed by atoms with Crippen molar-refractivity contribution in [3.63, 3.8) is 0 Å². The van der Waals surface area contributed by atoms with Crippen LogP contribution in [-0.2, 0) is 18.4 Å². The van der Waals surface area contributed by atoms with Crippen molar-refractivity contribution >= 4 is 46.8 Å². The van der Waals surface area contributed by atoms with Gasteiger partial charge in [-0.25, -0.2) is 4.98 Å². The predicted molar refractivity (Wildman–Crippen MR) is 130 cm³/mol.